The Balaban J connectivity index is 2.13. The van der Waals surface area contributed by atoms with Crippen molar-refractivity contribution < 1.29 is 22.3 Å². The van der Waals surface area contributed by atoms with E-state index in [-0.39, 0.29) is 24.7 Å². The first-order chi connectivity index (χ1) is 9.52. The van der Waals surface area contributed by atoms with Crippen LogP contribution in [-0.2, 0) is 19.3 Å². The van der Waals surface area contributed by atoms with Crippen LogP contribution < -0.4 is 4.74 Å². The molecule has 0 fully saturated rings. The molecule has 0 aliphatic rings. The first-order valence-corrected chi connectivity index (χ1v) is 5.74. The topological polar surface area (TPSA) is 39.9 Å². The van der Waals surface area contributed by atoms with E-state index in [1.807, 2.05) is 0 Å². The fourth-order valence-electron chi connectivity index (χ4n) is 1.64. The van der Waals surface area contributed by atoms with Crippen molar-refractivity contribution in [3.63, 3.8) is 0 Å². The first kappa shape index (κ1) is 14.3. The monoisotopic (exact) mass is 289 g/mol. The predicted molar refractivity (Wildman–Crippen MR) is 61.8 cm³/mol. The van der Waals surface area contributed by atoms with E-state index in [1.54, 1.807) is 0 Å². The van der Waals surface area contributed by atoms with Crippen LogP contribution in [0.1, 0.15) is 11.4 Å². The Labute approximate surface area is 112 Å². The molecule has 0 amide bonds. The van der Waals surface area contributed by atoms with E-state index < -0.39 is 18.4 Å². The van der Waals surface area contributed by atoms with Crippen LogP contribution in [-0.4, -0.2) is 21.4 Å². The normalized spacial score (nSPS) is 11.6. The Hall–Kier alpha value is -2.12. The van der Waals surface area contributed by atoms with Gasteiger partial charge in [-0.05, 0) is 12.1 Å². The summed E-state index contributed by atoms with van der Waals surface area (Å²) in [7, 11) is 0. The molecule has 0 spiro atoms. The molecule has 1 heterocycles. The van der Waals surface area contributed by atoms with Gasteiger partial charge in [-0.2, -0.15) is 18.3 Å². The van der Waals surface area contributed by atoms with E-state index in [4.69, 9.17) is 4.74 Å². The van der Waals surface area contributed by atoms with Crippen LogP contribution in [0.2, 0.25) is 0 Å². The number of halogens is 4. The fraction of sp³-hybridized carbons (Fsp3) is 0.333. The van der Waals surface area contributed by atoms with Crippen LogP contribution in [0.25, 0.3) is 0 Å². The molecule has 0 saturated carbocycles. The van der Waals surface area contributed by atoms with Crippen molar-refractivity contribution in [1.82, 2.24) is 14.8 Å². The summed E-state index contributed by atoms with van der Waals surface area (Å²) in [6.45, 7) is -0.873. The lowest BCUT2D eigenvalue weighted by Crippen LogP contribution is -2.12. The van der Waals surface area contributed by atoms with Gasteiger partial charge < -0.3 is 4.74 Å². The molecule has 0 aliphatic carbocycles. The average molecular weight is 289 g/mol. The number of nitrogens with zero attached hydrogens (tertiary/aromatic N) is 3. The third-order valence-electron chi connectivity index (χ3n) is 2.54. The van der Waals surface area contributed by atoms with E-state index in [0.29, 0.717) is 0 Å². The molecule has 0 atom stereocenters. The van der Waals surface area contributed by atoms with Crippen molar-refractivity contribution in [3.05, 3.63) is 42.0 Å². The molecule has 0 radical (unpaired) electrons. The molecule has 20 heavy (non-hydrogen) atoms. The number of ether oxygens (including phenoxy) is 1. The molecule has 1 aromatic heterocycles. The summed E-state index contributed by atoms with van der Waals surface area (Å²) in [5.74, 6) is -0.0329. The summed E-state index contributed by atoms with van der Waals surface area (Å²) >= 11 is 0. The smallest absolute Gasteiger partial charge is 0.419 e. The van der Waals surface area contributed by atoms with Gasteiger partial charge in [0, 0.05) is 0 Å². The van der Waals surface area contributed by atoms with Crippen molar-refractivity contribution in [2.24, 2.45) is 0 Å². The van der Waals surface area contributed by atoms with Crippen LogP contribution in [0.5, 0.6) is 5.75 Å². The Morgan fingerprint density at radius 2 is 1.95 bits per heavy atom. The van der Waals surface area contributed by atoms with Crippen molar-refractivity contribution >= 4 is 0 Å². The van der Waals surface area contributed by atoms with Gasteiger partial charge in [-0.1, -0.05) is 12.1 Å². The molecule has 0 unspecified atom stereocenters. The Kier molecular flexibility index (Phi) is 4.21. The van der Waals surface area contributed by atoms with Gasteiger partial charge in [-0.15, -0.1) is 0 Å². The largest absolute Gasteiger partial charge is 0.485 e. The first-order valence-electron chi connectivity index (χ1n) is 5.74. The molecule has 2 rings (SSSR count). The van der Waals surface area contributed by atoms with Crippen molar-refractivity contribution in [1.29, 1.82) is 0 Å². The van der Waals surface area contributed by atoms with E-state index >= 15 is 0 Å². The molecule has 2 aromatic rings. The van der Waals surface area contributed by atoms with E-state index in [9.17, 15) is 17.6 Å². The average Bonchev–Trinajstić information content (AvgIpc) is 2.83. The third kappa shape index (κ3) is 3.25. The Morgan fingerprint density at radius 1 is 1.20 bits per heavy atom. The molecule has 4 nitrogen and oxygen atoms in total. The van der Waals surface area contributed by atoms with Crippen molar-refractivity contribution in [2.45, 2.75) is 19.3 Å². The minimum atomic E-state index is -4.50. The van der Waals surface area contributed by atoms with Crippen LogP contribution in [0.15, 0.2) is 30.6 Å². The molecular weight excluding hydrogens is 278 g/mol. The van der Waals surface area contributed by atoms with Crippen LogP contribution >= 0.6 is 0 Å². The minimum Gasteiger partial charge on any atom is -0.485 e. The predicted octanol–water partition coefficient (Wildman–Crippen LogP) is 2.85. The molecule has 0 aliphatic heterocycles. The molecule has 0 saturated heterocycles. The Bertz CT molecular complexity index is 568. The number of aryl methyl sites for hydroxylation is 1. The second-order valence-electron chi connectivity index (χ2n) is 3.87. The third-order valence-corrected chi connectivity index (χ3v) is 2.54. The fourth-order valence-corrected chi connectivity index (χ4v) is 1.64. The van der Waals surface area contributed by atoms with Gasteiger partial charge in [0.15, 0.2) is 5.82 Å². The van der Waals surface area contributed by atoms with Gasteiger partial charge in [0.25, 0.3) is 0 Å². The second-order valence-corrected chi connectivity index (χ2v) is 3.87. The van der Waals surface area contributed by atoms with Gasteiger partial charge in [-0.25, -0.2) is 14.1 Å². The quantitative estimate of drug-likeness (QED) is 0.795. The SMILES string of the molecule is FCCn1ncnc1COc1ccccc1C(F)(F)F. The number of para-hydroxylation sites is 1. The van der Waals surface area contributed by atoms with Crippen LogP contribution in [0.3, 0.4) is 0 Å². The highest BCUT2D eigenvalue weighted by Crippen LogP contribution is 2.36. The summed E-state index contributed by atoms with van der Waals surface area (Å²) in [4.78, 5) is 3.82. The highest BCUT2D eigenvalue weighted by atomic mass is 19.4. The lowest BCUT2D eigenvalue weighted by atomic mass is 10.2. The molecule has 0 N–H and O–H groups in total. The number of alkyl halides is 4. The number of rotatable bonds is 5. The highest BCUT2D eigenvalue weighted by molar-refractivity contribution is 5.35. The number of hydrogen-bond donors (Lipinski definition) is 0. The summed E-state index contributed by atoms with van der Waals surface area (Å²) in [5, 5.41) is 3.75. The maximum Gasteiger partial charge on any atom is 0.419 e. The van der Waals surface area contributed by atoms with E-state index in [2.05, 4.69) is 10.1 Å². The molecule has 108 valence electrons. The van der Waals surface area contributed by atoms with Crippen LogP contribution in [0, 0.1) is 0 Å². The number of aromatic nitrogens is 3. The standard InChI is InChI=1S/C12H11F4N3O/c13-5-6-19-11(17-8-18-19)7-20-10-4-2-1-3-9(10)12(14,15)16/h1-4,8H,5-7H2. The van der Waals surface area contributed by atoms with Gasteiger partial charge >= 0.3 is 6.18 Å². The van der Waals surface area contributed by atoms with Crippen molar-refractivity contribution in [2.75, 3.05) is 6.67 Å². The second kappa shape index (κ2) is 5.89. The summed E-state index contributed by atoms with van der Waals surface area (Å²) in [6.07, 6.45) is -3.30. The van der Waals surface area contributed by atoms with Gasteiger partial charge in [-0.3, -0.25) is 0 Å². The lowest BCUT2D eigenvalue weighted by Gasteiger charge is -2.13. The lowest BCUT2D eigenvalue weighted by molar-refractivity contribution is -0.139. The zero-order valence-electron chi connectivity index (χ0n) is 10.3. The van der Waals surface area contributed by atoms with E-state index in [0.717, 1.165) is 6.07 Å². The van der Waals surface area contributed by atoms with Crippen LogP contribution in [0.4, 0.5) is 17.6 Å². The summed E-state index contributed by atoms with van der Waals surface area (Å²) in [5.41, 5.74) is -0.864. The summed E-state index contributed by atoms with van der Waals surface area (Å²) < 4.78 is 56.9. The minimum absolute atomic E-state index is 0.0143. The molecular formula is C12H11F4N3O. The van der Waals surface area contributed by atoms with E-state index in [1.165, 1.54) is 29.2 Å². The van der Waals surface area contributed by atoms with Crippen molar-refractivity contribution in [3.8, 4) is 5.75 Å². The van der Waals surface area contributed by atoms with Gasteiger partial charge in [0.05, 0.1) is 12.1 Å². The number of hydrogen-bond acceptors (Lipinski definition) is 3. The highest BCUT2D eigenvalue weighted by Gasteiger charge is 2.34. The molecule has 0 bridgehead atoms. The number of benzene rings is 1. The van der Waals surface area contributed by atoms with Gasteiger partial charge in [0.1, 0.15) is 25.4 Å². The molecule has 1 aromatic carbocycles. The maximum absolute atomic E-state index is 12.8. The zero-order valence-corrected chi connectivity index (χ0v) is 10.3. The maximum atomic E-state index is 12.8. The summed E-state index contributed by atoms with van der Waals surface area (Å²) in [6, 6.07) is 4.87. The zero-order chi connectivity index (χ0) is 14.6. The van der Waals surface area contributed by atoms with Gasteiger partial charge in [0.2, 0.25) is 0 Å². The molecule has 8 heteroatoms. The Morgan fingerprint density at radius 3 is 2.65 bits per heavy atom.